The maximum Gasteiger partial charge on any atom is 0.248 e. The molecule has 0 unspecified atom stereocenters. The second kappa shape index (κ2) is 10.1. The molecule has 4 N–H and O–H groups in total. The molecular weight excluding hydrogens is 404 g/mol. The number of phenols is 1. The quantitative estimate of drug-likeness (QED) is 0.306. The summed E-state index contributed by atoms with van der Waals surface area (Å²) in [5.41, 5.74) is 2.96. The summed E-state index contributed by atoms with van der Waals surface area (Å²) in [6, 6.07) is 24.9. The van der Waals surface area contributed by atoms with Crippen molar-refractivity contribution >= 4 is 10.9 Å². The van der Waals surface area contributed by atoms with Gasteiger partial charge in [-0.1, -0.05) is 42.5 Å². The van der Waals surface area contributed by atoms with Crippen molar-refractivity contribution in [3.63, 3.8) is 0 Å². The Morgan fingerprint density at radius 3 is 2.78 bits per heavy atom. The summed E-state index contributed by atoms with van der Waals surface area (Å²) in [4.78, 5) is 14.2. The Morgan fingerprint density at radius 1 is 1.06 bits per heavy atom. The second-order valence-electron chi connectivity index (χ2n) is 7.60. The molecule has 6 heteroatoms. The number of pyridine rings is 1. The molecule has 0 fully saturated rings. The molecule has 0 aliphatic heterocycles. The summed E-state index contributed by atoms with van der Waals surface area (Å²) in [5, 5.41) is 24.5. The van der Waals surface area contributed by atoms with Gasteiger partial charge in [0.25, 0.3) is 0 Å². The van der Waals surface area contributed by atoms with Gasteiger partial charge in [0.1, 0.15) is 18.1 Å². The van der Waals surface area contributed by atoms with Crippen molar-refractivity contribution < 1.29 is 14.9 Å². The Labute approximate surface area is 186 Å². The summed E-state index contributed by atoms with van der Waals surface area (Å²) in [6.07, 6.45) is 0.0370. The van der Waals surface area contributed by atoms with E-state index in [-0.39, 0.29) is 11.3 Å². The number of benzene rings is 3. The highest BCUT2D eigenvalue weighted by atomic mass is 16.5. The van der Waals surface area contributed by atoms with Crippen LogP contribution in [0.2, 0.25) is 0 Å². The van der Waals surface area contributed by atoms with E-state index < -0.39 is 6.10 Å². The second-order valence-corrected chi connectivity index (χ2v) is 7.60. The number of ether oxygens (including phenoxy) is 1. The summed E-state index contributed by atoms with van der Waals surface area (Å²) in [7, 11) is 0. The molecule has 1 atom stereocenters. The number of aromatic nitrogens is 1. The maximum atomic E-state index is 11.5. The maximum absolute atomic E-state index is 11.5. The third-order valence-corrected chi connectivity index (χ3v) is 5.27. The van der Waals surface area contributed by atoms with E-state index in [0.29, 0.717) is 36.2 Å². The number of H-pyrrole nitrogens is 1. The SMILES string of the molecule is O=c1ccc2c([C@@H](O)CNCCc3cccc(COc4c[c]ccc4)c3)ccc(O)c2[nH]1. The van der Waals surface area contributed by atoms with Crippen LogP contribution in [0.5, 0.6) is 11.5 Å². The van der Waals surface area contributed by atoms with Crippen molar-refractivity contribution in [2.45, 2.75) is 19.1 Å². The molecule has 0 spiro atoms. The van der Waals surface area contributed by atoms with Gasteiger partial charge in [0.15, 0.2) is 0 Å². The monoisotopic (exact) mass is 429 g/mol. The van der Waals surface area contributed by atoms with Gasteiger partial charge in [0.2, 0.25) is 5.56 Å². The van der Waals surface area contributed by atoms with Gasteiger partial charge in [-0.25, -0.2) is 0 Å². The van der Waals surface area contributed by atoms with Crippen LogP contribution in [0, 0.1) is 6.07 Å². The highest BCUT2D eigenvalue weighted by molar-refractivity contribution is 5.87. The van der Waals surface area contributed by atoms with Crippen molar-refractivity contribution in [3.05, 3.63) is 106 Å². The largest absolute Gasteiger partial charge is 0.506 e. The van der Waals surface area contributed by atoms with E-state index in [1.165, 1.54) is 17.7 Å². The molecule has 163 valence electrons. The molecule has 6 nitrogen and oxygen atoms in total. The lowest BCUT2D eigenvalue weighted by atomic mass is 10.0. The number of aliphatic hydroxyl groups excluding tert-OH is 1. The first-order valence-electron chi connectivity index (χ1n) is 10.5. The van der Waals surface area contributed by atoms with Gasteiger partial charge in [-0.05, 0) is 60.0 Å². The normalized spacial score (nSPS) is 12.0. The first-order chi connectivity index (χ1) is 15.6. The van der Waals surface area contributed by atoms with Gasteiger partial charge in [-0.2, -0.15) is 0 Å². The molecule has 3 aromatic carbocycles. The lowest BCUT2D eigenvalue weighted by Gasteiger charge is -2.15. The van der Waals surface area contributed by atoms with Crippen LogP contribution in [-0.2, 0) is 13.0 Å². The number of phenolic OH excluding ortho intramolecular Hbond substituents is 1. The average Bonchev–Trinajstić information content (AvgIpc) is 2.82. The molecule has 1 radical (unpaired) electrons. The number of aromatic amines is 1. The zero-order chi connectivity index (χ0) is 22.3. The molecule has 0 saturated carbocycles. The summed E-state index contributed by atoms with van der Waals surface area (Å²) >= 11 is 0. The molecular formula is C26H25N2O4. The minimum atomic E-state index is -0.772. The van der Waals surface area contributed by atoms with Gasteiger partial charge in [-0.3, -0.25) is 4.79 Å². The number of hydrogen-bond acceptors (Lipinski definition) is 5. The molecule has 32 heavy (non-hydrogen) atoms. The Kier molecular flexibility index (Phi) is 6.84. The van der Waals surface area contributed by atoms with E-state index in [4.69, 9.17) is 4.74 Å². The number of fused-ring (bicyclic) bond motifs is 1. The van der Waals surface area contributed by atoms with Gasteiger partial charge in [0, 0.05) is 18.0 Å². The molecule has 1 aromatic heterocycles. The molecule has 4 rings (SSSR count). The number of aliphatic hydroxyl groups is 1. The molecule has 0 amide bonds. The van der Waals surface area contributed by atoms with Gasteiger partial charge < -0.3 is 25.3 Å². The van der Waals surface area contributed by atoms with E-state index in [1.54, 1.807) is 12.1 Å². The van der Waals surface area contributed by atoms with Crippen LogP contribution < -0.4 is 15.6 Å². The van der Waals surface area contributed by atoms with Crippen LogP contribution in [0.15, 0.2) is 77.6 Å². The van der Waals surface area contributed by atoms with E-state index in [9.17, 15) is 15.0 Å². The van der Waals surface area contributed by atoms with Crippen molar-refractivity contribution in [2.24, 2.45) is 0 Å². The van der Waals surface area contributed by atoms with E-state index in [0.717, 1.165) is 17.7 Å². The Hall–Kier alpha value is -3.61. The molecule has 0 bridgehead atoms. The first-order valence-corrected chi connectivity index (χ1v) is 10.5. The van der Waals surface area contributed by atoms with Crippen LogP contribution in [0.4, 0.5) is 0 Å². The minimum Gasteiger partial charge on any atom is -0.506 e. The predicted molar refractivity (Wildman–Crippen MR) is 124 cm³/mol. The number of aromatic hydroxyl groups is 1. The minimum absolute atomic E-state index is 0.0177. The zero-order valence-corrected chi connectivity index (χ0v) is 17.5. The zero-order valence-electron chi connectivity index (χ0n) is 17.5. The van der Waals surface area contributed by atoms with Crippen molar-refractivity contribution in [1.29, 1.82) is 0 Å². The Bertz CT molecular complexity index is 1240. The van der Waals surface area contributed by atoms with E-state index in [2.05, 4.69) is 28.5 Å². The molecule has 1 heterocycles. The van der Waals surface area contributed by atoms with Crippen LogP contribution >= 0.6 is 0 Å². The fourth-order valence-electron chi connectivity index (χ4n) is 3.64. The highest BCUT2D eigenvalue weighted by Gasteiger charge is 2.13. The third kappa shape index (κ3) is 5.35. The topological polar surface area (TPSA) is 94.6 Å². The van der Waals surface area contributed by atoms with Crippen LogP contribution in [0.25, 0.3) is 10.9 Å². The van der Waals surface area contributed by atoms with Crippen LogP contribution in [0.1, 0.15) is 22.8 Å². The lowest BCUT2D eigenvalue weighted by molar-refractivity contribution is 0.176. The van der Waals surface area contributed by atoms with Gasteiger partial charge >= 0.3 is 0 Å². The fraction of sp³-hybridized carbons (Fsp3) is 0.192. The fourth-order valence-corrected chi connectivity index (χ4v) is 3.64. The van der Waals surface area contributed by atoms with E-state index in [1.807, 2.05) is 36.4 Å². The smallest absolute Gasteiger partial charge is 0.248 e. The van der Waals surface area contributed by atoms with Gasteiger partial charge in [0.05, 0.1) is 11.6 Å². The number of hydrogen-bond donors (Lipinski definition) is 4. The molecule has 4 aromatic rings. The van der Waals surface area contributed by atoms with Crippen LogP contribution in [-0.4, -0.2) is 28.3 Å². The predicted octanol–water partition coefficient (Wildman–Crippen LogP) is 3.48. The Morgan fingerprint density at radius 2 is 1.94 bits per heavy atom. The number of rotatable bonds is 9. The first kappa shape index (κ1) is 21.6. The Balaban J connectivity index is 1.30. The van der Waals surface area contributed by atoms with Crippen molar-refractivity contribution in [2.75, 3.05) is 13.1 Å². The third-order valence-electron chi connectivity index (χ3n) is 5.27. The summed E-state index contributed by atoms with van der Waals surface area (Å²) < 4.78 is 5.78. The number of nitrogens with one attached hydrogen (secondary N) is 2. The van der Waals surface area contributed by atoms with Crippen molar-refractivity contribution in [1.82, 2.24) is 10.3 Å². The van der Waals surface area contributed by atoms with Crippen LogP contribution in [0.3, 0.4) is 0 Å². The average molecular weight is 429 g/mol. The lowest BCUT2D eigenvalue weighted by Crippen LogP contribution is -2.24. The van der Waals surface area contributed by atoms with Crippen molar-refractivity contribution in [3.8, 4) is 11.5 Å². The standard InChI is InChI=1S/C26H25N2O4/c29-23-11-9-21(22-10-12-25(31)28-26(22)23)24(30)16-27-14-13-18-5-4-6-19(15-18)17-32-20-7-2-1-3-8-20/h1-2,4-12,15,24,27,29-30H,13-14,16-17H2,(H,28,31)/t24-/m0/s1. The highest BCUT2D eigenvalue weighted by Crippen LogP contribution is 2.28. The molecule has 0 aliphatic carbocycles. The summed E-state index contributed by atoms with van der Waals surface area (Å²) in [5.74, 6) is 0.773. The van der Waals surface area contributed by atoms with E-state index >= 15 is 0 Å². The molecule has 0 aliphatic rings. The molecule has 0 saturated heterocycles. The summed E-state index contributed by atoms with van der Waals surface area (Å²) in [6.45, 7) is 1.54. The van der Waals surface area contributed by atoms with Gasteiger partial charge in [-0.15, -0.1) is 0 Å².